The first-order valence-electron chi connectivity index (χ1n) is 9.41. The van der Waals surface area contributed by atoms with Crippen molar-refractivity contribution in [3.63, 3.8) is 0 Å². The number of nitro groups is 1. The maximum atomic E-state index is 12.7. The molecule has 1 aliphatic rings. The zero-order chi connectivity index (χ0) is 21.0. The second-order valence-corrected chi connectivity index (χ2v) is 8.96. The van der Waals surface area contributed by atoms with E-state index in [2.05, 4.69) is 5.32 Å². The molecule has 1 aliphatic heterocycles. The van der Waals surface area contributed by atoms with Gasteiger partial charge < -0.3 is 5.32 Å². The summed E-state index contributed by atoms with van der Waals surface area (Å²) in [5.74, 6) is -0.238. The molecule has 0 radical (unpaired) electrons. The van der Waals surface area contributed by atoms with Crippen LogP contribution in [0, 0.1) is 17.0 Å². The number of aryl methyl sites for hydroxylation is 1. The molecule has 0 unspecified atom stereocenters. The molecule has 1 heterocycles. The number of carbonyl (C=O) groups is 1. The lowest BCUT2D eigenvalue weighted by molar-refractivity contribution is -0.384. The molecular weight excluding hydrogens is 394 g/mol. The van der Waals surface area contributed by atoms with Crippen LogP contribution in [0.5, 0.6) is 0 Å². The van der Waals surface area contributed by atoms with E-state index in [1.54, 1.807) is 13.0 Å². The van der Waals surface area contributed by atoms with Gasteiger partial charge in [-0.05, 0) is 49.6 Å². The number of carbonyl (C=O) groups excluding carboxylic acids is 1. The Bertz CT molecular complexity index is 1010. The van der Waals surface area contributed by atoms with Crippen LogP contribution in [-0.4, -0.2) is 43.1 Å². The van der Waals surface area contributed by atoms with Crippen LogP contribution in [0.1, 0.15) is 35.2 Å². The zero-order valence-corrected chi connectivity index (χ0v) is 16.9. The molecule has 0 aromatic heterocycles. The third kappa shape index (κ3) is 4.80. The molecule has 2 aromatic rings. The third-order valence-electron chi connectivity index (χ3n) is 5.00. The largest absolute Gasteiger partial charge is 0.377 e. The Kier molecular flexibility index (Phi) is 6.29. The molecule has 0 atom stereocenters. The van der Waals surface area contributed by atoms with Crippen LogP contribution in [0.4, 0.5) is 11.4 Å². The molecule has 0 saturated carbocycles. The molecule has 1 N–H and O–H groups in total. The lowest BCUT2D eigenvalue weighted by Crippen LogP contribution is -2.35. The van der Waals surface area contributed by atoms with Crippen molar-refractivity contribution in [2.75, 3.05) is 25.0 Å². The Hall–Kier alpha value is -2.78. The Morgan fingerprint density at radius 2 is 1.76 bits per heavy atom. The average molecular weight is 417 g/mol. The van der Waals surface area contributed by atoms with Crippen LogP contribution in [0.2, 0.25) is 0 Å². The number of ketones is 1. The molecular formula is C20H23N3O5S. The van der Waals surface area contributed by atoms with E-state index < -0.39 is 14.9 Å². The van der Waals surface area contributed by atoms with Crippen molar-refractivity contribution >= 4 is 27.2 Å². The minimum atomic E-state index is -3.54. The maximum Gasteiger partial charge on any atom is 0.271 e. The van der Waals surface area contributed by atoms with Gasteiger partial charge in [-0.3, -0.25) is 14.9 Å². The number of nitrogens with one attached hydrogen (secondary N) is 1. The molecule has 3 rings (SSSR count). The fraction of sp³-hybridized carbons (Fsp3) is 0.350. The molecule has 8 nitrogen and oxygen atoms in total. The summed E-state index contributed by atoms with van der Waals surface area (Å²) < 4.78 is 26.8. The molecule has 9 heteroatoms. The number of hydrogen-bond donors (Lipinski definition) is 1. The number of nitro benzene ring substituents is 1. The molecule has 29 heavy (non-hydrogen) atoms. The molecule has 1 saturated heterocycles. The highest BCUT2D eigenvalue weighted by Gasteiger charge is 2.25. The van der Waals surface area contributed by atoms with E-state index in [1.807, 2.05) is 0 Å². The van der Waals surface area contributed by atoms with E-state index in [0.29, 0.717) is 24.3 Å². The molecule has 1 fully saturated rings. The third-order valence-corrected chi connectivity index (χ3v) is 6.91. The Balaban J connectivity index is 1.68. The number of nitrogens with zero attached hydrogens (tertiary/aromatic N) is 2. The molecule has 154 valence electrons. The van der Waals surface area contributed by atoms with Crippen LogP contribution in [-0.2, 0) is 10.0 Å². The smallest absolute Gasteiger partial charge is 0.271 e. The number of benzene rings is 2. The van der Waals surface area contributed by atoms with Crippen molar-refractivity contribution in [1.29, 1.82) is 0 Å². The fourth-order valence-corrected chi connectivity index (χ4v) is 4.78. The van der Waals surface area contributed by atoms with Crippen molar-refractivity contribution in [3.8, 4) is 0 Å². The van der Waals surface area contributed by atoms with Crippen molar-refractivity contribution in [2.45, 2.75) is 31.1 Å². The van der Waals surface area contributed by atoms with E-state index in [-0.39, 0.29) is 22.9 Å². The van der Waals surface area contributed by atoms with Crippen molar-refractivity contribution < 1.29 is 18.1 Å². The van der Waals surface area contributed by atoms with Crippen molar-refractivity contribution in [3.05, 3.63) is 63.7 Å². The van der Waals surface area contributed by atoms with Crippen LogP contribution in [0.15, 0.2) is 47.4 Å². The first-order chi connectivity index (χ1) is 13.8. The Morgan fingerprint density at radius 1 is 1.10 bits per heavy atom. The van der Waals surface area contributed by atoms with Crippen LogP contribution in [0.25, 0.3) is 0 Å². The topological polar surface area (TPSA) is 110 Å². The summed E-state index contributed by atoms with van der Waals surface area (Å²) in [6, 6.07) is 10.3. The molecule has 0 spiro atoms. The van der Waals surface area contributed by atoms with Gasteiger partial charge >= 0.3 is 0 Å². The van der Waals surface area contributed by atoms with Crippen molar-refractivity contribution in [2.24, 2.45) is 0 Å². The van der Waals surface area contributed by atoms with Gasteiger partial charge in [-0.25, -0.2) is 8.42 Å². The first kappa shape index (κ1) is 20.9. The highest BCUT2D eigenvalue weighted by atomic mass is 32.2. The van der Waals surface area contributed by atoms with E-state index in [9.17, 15) is 23.3 Å². The van der Waals surface area contributed by atoms with E-state index in [1.165, 1.54) is 40.7 Å². The number of anilines is 1. The van der Waals surface area contributed by atoms with Gasteiger partial charge in [0.15, 0.2) is 5.78 Å². The Morgan fingerprint density at radius 3 is 2.38 bits per heavy atom. The highest BCUT2D eigenvalue weighted by molar-refractivity contribution is 7.89. The summed E-state index contributed by atoms with van der Waals surface area (Å²) in [5.41, 5.74) is 1.61. The summed E-state index contributed by atoms with van der Waals surface area (Å²) in [6.07, 6.45) is 2.76. The maximum absolute atomic E-state index is 12.7. The van der Waals surface area contributed by atoms with Crippen LogP contribution in [0.3, 0.4) is 0 Å². The minimum Gasteiger partial charge on any atom is -0.377 e. The lowest BCUT2D eigenvalue weighted by atomic mass is 10.1. The van der Waals surface area contributed by atoms with Gasteiger partial charge in [0.2, 0.25) is 10.0 Å². The van der Waals surface area contributed by atoms with Gasteiger partial charge in [-0.1, -0.05) is 12.5 Å². The monoisotopic (exact) mass is 417 g/mol. The minimum absolute atomic E-state index is 0.0553. The second-order valence-electron chi connectivity index (χ2n) is 7.02. The summed E-state index contributed by atoms with van der Waals surface area (Å²) in [7, 11) is -3.54. The van der Waals surface area contributed by atoms with Crippen LogP contribution < -0.4 is 5.32 Å². The van der Waals surface area contributed by atoms with Gasteiger partial charge in [0.05, 0.1) is 16.4 Å². The summed E-state index contributed by atoms with van der Waals surface area (Å²) in [4.78, 5) is 23.1. The predicted molar refractivity (Wildman–Crippen MR) is 110 cm³/mol. The van der Waals surface area contributed by atoms with E-state index in [4.69, 9.17) is 0 Å². The number of sulfonamides is 1. The standard InChI is InChI=1S/C20H23N3O5S/c1-15-5-8-17(23(25)26)13-19(15)21-14-20(24)16-6-9-18(10-7-16)29(27,28)22-11-3-2-4-12-22/h5-10,13,21H,2-4,11-12,14H2,1H3. The number of hydrogen-bond acceptors (Lipinski definition) is 6. The average Bonchev–Trinajstić information content (AvgIpc) is 2.73. The first-order valence-corrected chi connectivity index (χ1v) is 10.9. The highest BCUT2D eigenvalue weighted by Crippen LogP contribution is 2.23. The lowest BCUT2D eigenvalue weighted by Gasteiger charge is -2.25. The Labute approximate surface area is 169 Å². The SMILES string of the molecule is Cc1ccc([N+](=O)[O-])cc1NCC(=O)c1ccc(S(=O)(=O)N2CCCCC2)cc1. The molecule has 2 aromatic carbocycles. The fourth-order valence-electron chi connectivity index (χ4n) is 3.26. The van der Waals surface area contributed by atoms with Gasteiger partial charge in [0, 0.05) is 36.5 Å². The molecule has 0 bridgehead atoms. The van der Waals surface area contributed by atoms with E-state index >= 15 is 0 Å². The molecule has 0 aliphatic carbocycles. The predicted octanol–water partition coefficient (Wildman–Crippen LogP) is 3.37. The van der Waals surface area contributed by atoms with Crippen LogP contribution >= 0.6 is 0 Å². The van der Waals surface area contributed by atoms with Gasteiger partial charge in [-0.15, -0.1) is 0 Å². The van der Waals surface area contributed by atoms with Gasteiger partial charge in [-0.2, -0.15) is 4.31 Å². The van der Waals surface area contributed by atoms with E-state index in [0.717, 1.165) is 24.8 Å². The number of rotatable bonds is 7. The van der Waals surface area contributed by atoms with Crippen molar-refractivity contribution in [1.82, 2.24) is 4.31 Å². The number of non-ortho nitro benzene ring substituents is 1. The summed E-state index contributed by atoms with van der Waals surface area (Å²) in [6.45, 7) is 2.78. The number of piperidine rings is 1. The second kappa shape index (κ2) is 8.71. The normalized spacial score (nSPS) is 15.1. The summed E-state index contributed by atoms with van der Waals surface area (Å²) >= 11 is 0. The quantitative estimate of drug-likeness (QED) is 0.420. The van der Waals surface area contributed by atoms with Gasteiger partial charge in [0.25, 0.3) is 5.69 Å². The van der Waals surface area contributed by atoms with Gasteiger partial charge in [0.1, 0.15) is 0 Å². The summed E-state index contributed by atoms with van der Waals surface area (Å²) in [5, 5.41) is 13.8. The number of Topliss-reactive ketones (excluding diaryl/α,β-unsaturated/α-hetero) is 1. The zero-order valence-electron chi connectivity index (χ0n) is 16.1. The molecule has 0 amide bonds.